The lowest BCUT2D eigenvalue weighted by Gasteiger charge is -2.09. The van der Waals surface area contributed by atoms with E-state index in [9.17, 15) is 9.18 Å². The second-order valence-electron chi connectivity index (χ2n) is 4.27. The zero-order valence-electron chi connectivity index (χ0n) is 9.33. The fraction of sp³-hybridized carbons (Fsp3) is 0.462. The van der Waals surface area contributed by atoms with Gasteiger partial charge in [-0.15, -0.1) is 0 Å². The minimum atomic E-state index is -0.231. The largest absolute Gasteiger partial charge is 0.299 e. The van der Waals surface area contributed by atoms with Crippen LogP contribution in [0.5, 0.6) is 0 Å². The number of rotatable bonds is 3. The summed E-state index contributed by atoms with van der Waals surface area (Å²) in [5.41, 5.74) is 1.84. The first-order valence-electron chi connectivity index (χ1n) is 5.52. The van der Waals surface area contributed by atoms with Crippen LogP contribution in [-0.2, 0) is 11.2 Å². The van der Waals surface area contributed by atoms with Crippen molar-refractivity contribution in [1.82, 2.24) is 0 Å². The number of ketones is 1. The third-order valence-electron chi connectivity index (χ3n) is 3.05. The molecule has 0 amide bonds. The zero-order chi connectivity index (χ0) is 11.5. The van der Waals surface area contributed by atoms with Gasteiger partial charge in [0.1, 0.15) is 11.6 Å². The average molecular weight is 238 g/mol. The molecule has 1 aromatic rings. The third kappa shape index (κ3) is 2.64. The zero-order valence-corrected chi connectivity index (χ0v) is 10.1. The molecule has 1 atom stereocenters. The SMILES string of the molecule is Cc1cc(F)ccc1CC(=O)C1CCSC1. The van der Waals surface area contributed by atoms with Gasteiger partial charge in [-0.1, -0.05) is 6.07 Å². The molecule has 0 aliphatic carbocycles. The molecule has 1 heterocycles. The maximum Gasteiger partial charge on any atom is 0.141 e. The second-order valence-corrected chi connectivity index (χ2v) is 5.42. The van der Waals surface area contributed by atoms with Crippen molar-refractivity contribution in [2.45, 2.75) is 19.8 Å². The molecule has 2 rings (SSSR count). The lowest BCUT2D eigenvalue weighted by Crippen LogP contribution is -2.16. The number of halogens is 1. The number of hydrogen-bond acceptors (Lipinski definition) is 2. The summed E-state index contributed by atoms with van der Waals surface area (Å²) in [5.74, 6) is 2.34. The molecule has 0 spiro atoms. The van der Waals surface area contributed by atoms with Crippen LogP contribution in [0.25, 0.3) is 0 Å². The van der Waals surface area contributed by atoms with Gasteiger partial charge in [0.05, 0.1) is 0 Å². The van der Waals surface area contributed by atoms with E-state index >= 15 is 0 Å². The molecule has 1 unspecified atom stereocenters. The van der Waals surface area contributed by atoms with Gasteiger partial charge >= 0.3 is 0 Å². The standard InChI is InChI=1S/C13H15FOS/c1-9-6-12(14)3-2-10(9)7-13(15)11-4-5-16-8-11/h2-3,6,11H,4-5,7-8H2,1H3. The van der Waals surface area contributed by atoms with Crippen molar-refractivity contribution >= 4 is 17.5 Å². The summed E-state index contributed by atoms with van der Waals surface area (Å²) >= 11 is 1.85. The van der Waals surface area contributed by atoms with E-state index in [1.165, 1.54) is 12.1 Å². The molecule has 16 heavy (non-hydrogen) atoms. The van der Waals surface area contributed by atoms with Crippen LogP contribution in [0.1, 0.15) is 17.5 Å². The topological polar surface area (TPSA) is 17.1 Å². The molecule has 1 fully saturated rings. The Morgan fingerprint density at radius 2 is 2.38 bits per heavy atom. The first-order chi connectivity index (χ1) is 7.66. The minimum absolute atomic E-state index is 0.217. The maximum atomic E-state index is 12.9. The van der Waals surface area contributed by atoms with Crippen molar-refractivity contribution in [1.29, 1.82) is 0 Å². The lowest BCUT2D eigenvalue weighted by atomic mass is 9.95. The van der Waals surface area contributed by atoms with Gasteiger partial charge in [-0.05, 0) is 42.4 Å². The Morgan fingerprint density at radius 1 is 1.56 bits per heavy atom. The highest BCUT2D eigenvalue weighted by Crippen LogP contribution is 2.25. The summed E-state index contributed by atoms with van der Waals surface area (Å²) in [6.45, 7) is 1.86. The number of aryl methyl sites for hydroxylation is 1. The van der Waals surface area contributed by atoms with Crippen LogP contribution in [-0.4, -0.2) is 17.3 Å². The summed E-state index contributed by atoms with van der Waals surface area (Å²) in [7, 11) is 0. The Labute approximate surface area is 99.4 Å². The van der Waals surface area contributed by atoms with Crippen molar-refractivity contribution in [3.63, 3.8) is 0 Å². The van der Waals surface area contributed by atoms with E-state index in [1.807, 2.05) is 18.7 Å². The molecule has 1 aliphatic rings. The van der Waals surface area contributed by atoms with Crippen molar-refractivity contribution in [3.8, 4) is 0 Å². The Bertz CT molecular complexity index is 397. The fourth-order valence-electron chi connectivity index (χ4n) is 1.98. The Balaban J connectivity index is 2.05. The van der Waals surface area contributed by atoms with Crippen LogP contribution in [0, 0.1) is 18.7 Å². The van der Waals surface area contributed by atoms with Gasteiger partial charge in [0, 0.05) is 18.1 Å². The molecule has 0 N–H and O–H groups in total. The molecular weight excluding hydrogens is 223 g/mol. The molecule has 3 heteroatoms. The van der Waals surface area contributed by atoms with E-state index < -0.39 is 0 Å². The van der Waals surface area contributed by atoms with Crippen LogP contribution >= 0.6 is 11.8 Å². The Morgan fingerprint density at radius 3 is 3.00 bits per heavy atom. The molecule has 1 aliphatic heterocycles. The minimum Gasteiger partial charge on any atom is -0.299 e. The average Bonchev–Trinajstić information content (AvgIpc) is 2.75. The predicted molar refractivity (Wildman–Crippen MR) is 65.3 cm³/mol. The van der Waals surface area contributed by atoms with E-state index in [2.05, 4.69) is 0 Å². The molecule has 0 bridgehead atoms. The quantitative estimate of drug-likeness (QED) is 0.805. The summed E-state index contributed by atoms with van der Waals surface area (Å²) in [4.78, 5) is 11.9. The van der Waals surface area contributed by atoms with E-state index in [4.69, 9.17) is 0 Å². The summed E-state index contributed by atoms with van der Waals surface area (Å²) in [6.07, 6.45) is 1.46. The van der Waals surface area contributed by atoms with E-state index in [0.717, 1.165) is 29.1 Å². The molecule has 0 radical (unpaired) electrons. The second kappa shape index (κ2) is 5.00. The molecule has 0 aromatic heterocycles. The fourth-order valence-corrected chi connectivity index (χ4v) is 3.23. The van der Waals surface area contributed by atoms with E-state index in [1.54, 1.807) is 6.07 Å². The van der Waals surface area contributed by atoms with Crippen LogP contribution in [0.4, 0.5) is 4.39 Å². The van der Waals surface area contributed by atoms with Crippen molar-refractivity contribution in [2.24, 2.45) is 5.92 Å². The number of carbonyl (C=O) groups is 1. The van der Waals surface area contributed by atoms with Crippen molar-refractivity contribution in [2.75, 3.05) is 11.5 Å². The molecule has 1 nitrogen and oxygen atoms in total. The van der Waals surface area contributed by atoms with Gasteiger partial charge in [-0.25, -0.2) is 4.39 Å². The molecule has 1 aromatic carbocycles. The first kappa shape index (κ1) is 11.6. The van der Waals surface area contributed by atoms with Crippen LogP contribution in [0.3, 0.4) is 0 Å². The number of benzene rings is 1. The van der Waals surface area contributed by atoms with Crippen LogP contribution in [0.15, 0.2) is 18.2 Å². The van der Waals surface area contributed by atoms with Gasteiger partial charge in [0.2, 0.25) is 0 Å². The highest BCUT2D eigenvalue weighted by molar-refractivity contribution is 7.99. The lowest BCUT2D eigenvalue weighted by molar-refractivity contribution is -0.121. The Kier molecular flexibility index (Phi) is 3.64. The number of Topliss-reactive ketones (excluding diaryl/α,β-unsaturated/α-hetero) is 1. The van der Waals surface area contributed by atoms with Crippen molar-refractivity contribution in [3.05, 3.63) is 35.1 Å². The van der Waals surface area contributed by atoms with Gasteiger partial charge in [-0.3, -0.25) is 4.79 Å². The van der Waals surface area contributed by atoms with Crippen LogP contribution in [0.2, 0.25) is 0 Å². The molecule has 0 saturated carbocycles. The van der Waals surface area contributed by atoms with Gasteiger partial charge < -0.3 is 0 Å². The maximum absolute atomic E-state index is 12.9. The Hall–Kier alpha value is -0.830. The van der Waals surface area contributed by atoms with Crippen molar-refractivity contribution < 1.29 is 9.18 Å². The summed E-state index contributed by atoms with van der Waals surface area (Å²) < 4.78 is 12.9. The third-order valence-corrected chi connectivity index (χ3v) is 4.22. The van der Waals surface area contributed by atoms with Gasteiger partial charge in [0.15, 0.2) is 0 Å². The van der Waals surface area contributed by atoms with E-state index in [-0.39, 0.29) is 11.7 Å². The monoisotopic (exact) mass is 238 g/mol. The number of carbonyl (C=O) groups excluding carboxylic acids is 1. The predicted octanol–water partition coefficient (Wildman–Crippen LogP) is 3.00. The van der Waals surface area contributed by atoms with Gasteiger partial charge in [-0.2, -0.15) is 11.8 Å². The van der Waals surface area contributed by atoms with Gasteiger partial charge in [0.25, 0.3) is 0 Å². The van der Waals surface area contributed by atoms with Crippen LogP contribution < -0.4 is 0 Å². The normalized spacial score (nSPS) is 20.0. The first-order valence-corrected chi connectivity index (χ1v) is 6.68. The molecular formula is C13H15FOS. The number of hydrogen-bond donors (Lipinski definition) is 0. The highest BCUT2D eigenvalue weighted by Gasteiger charge is 2.23. The van der Waals surface area contributed by atoms with E-state index in [0.29, 0.717) is 12.2 Å². The highest BCUT2D eigenvalue weighted by atomic mass is 32.2. The summed E-state index contributed by atoms with van der Waals surface area (Å²) in [6, 6.07) is 4.65. The number of thioether (sulfide) groups is 1. The smallest absolute Gasteiger partial charge is 0.141 e. The molecule has 86 valence electrons. The summed E-state index contributed by atoms with van der Waals surface area (Å²) in [5, 5.41) is 0. The molecule has 1 saturated heterocycles.